The Morgan fingerprint density at radius 1 is 1.08 bits per heavy atom. The van der Waals surface area contributed by atoms with E-state index >= 15 is 0 Å². The molecule has 0 radical (unpaired) electrons. The summed E-state index contributed by atoms with van der Waals surface area (Å²) in [5, 5.41) is 2.96. The predicted molar refractivity (Wildman–Crippen MR) is 97.5 cm³/mol. The zero-order chi connectivity index (χ0) is 17.6. The van der Waals surface area contributed by atoms with Crippen LogP contribution in [-0.2, 0) is 24.7 Å². The minimum atomic E-state index is -0.372. The molecule has 1 heterocycles. The van der Waals surface area contributed by atoms with Gasteiger partial charge in [0.2, 0.25) is 5.91 Å². The molecule has 0 aliphatic carbocycles. The van der Waals surface area contributed by atoms with E-state index in [1.165, 1.54) is 10.1 Å². The number of hydrogen-bond donors (Lipinski definition) is 1. The fourth-order valence-corrected chi connectivity index (χ4v) is 2.84. The lowest BCUT2D eigenvalue weighted by atomic mass is 10.1. The highest BCUT2D eigenvalue weighted by molar-refractivity contribution is 5.77. The predicted octanol–water partition coefficient (Wildman–Crippen LogP) is 2.81. The molecule has 2 aromatic carbocycles. The summed E-state index contributed by atoms with van der Waals surface area (Å²) in [7, 11) is 1.68. The maximum atomic E-state index is 12.0. The Morgan fingerprint density at radius 2 is 1.88 bits per heavy atom. The lowest BCUT2D eigenvalue weighted by molar-refractivity contribution is -0.121. The van der Waals surface area contributed by atoms with E-state index in [1.807, 2.05) is 30.3 Å². The monoisotopic (exact) mass is 338 g/mol. The van der Waals surface area contributed by atoms with E-state index in [2.05, 4.69) is 17.4 Å². The number of benzene rings is 2. The van der Waals surface area contributed by atoms with E-state index in [0.29, 0.717) is 25.0 Å². The molecule has 0 aliphatic heterocycles. The van der Waals surface area contributed by atoms with Crippen LogP contribution in [0.25, 0.3) is 11.1 Å². The van der Waals surface area contributed by atoms with Crippen molar-refractivity contribution in [2.24, 2.45) is 7.05 Å². The molecule has 0 saturated carbocycles. The van der Waals surface area contributed by atoms with Crippen LogP contribution in [0.15, 0.2) is 57.7 Å². The molecule has 1 N–H and O–H groups in total. The molecule has 0 spiro atoms. The van der Waals surface area contributed by atoms with Gasteiger partial charge in [-0.3, -0.25) is 9.36 Å². The molecule has 0 saturated heterocycles. The van der Waals surface area contributed by atoms with E-state index in [4.69, 9.17) is 4.42 Å². The Labute approximate surface area is 146 Å². The molecule has 3 aromatic rings. The smallest absolute Gasteiger partial charge is 0.408 e. The van der Waals surface area contributed by atoms with Gasteiger partial charge >= 0.3 is 5.76 Å². The zero-order valence-corrected chi connectivity index (χ0v) is 14.3. The van der Waals surface area contributed by atoms with E-state index in [1.54, 1.807) is 13.1 Å². The van der Waals surface area contributed by atoms with Crippen molar-refractivity contribution in [2.75, 3.05) is 6.54 Å². The zero-order valence-electron chi connectivity index (χ0n) is 14.3. The van der Waals surface area contributed by atoms with Crippen molar-refractivity contribution in [3.63, 3.8) is 0 Å². The molecule has 3 rings (SSSR count). The highest BCUT2D eigenvalue weighted by atomic mass is 16.4. The molecule has 0 bridgehead atoms. The van der Waals surface area contributed by atoms with Crippen molar-refractivity contribution in [3.8, 4) is 0 Å². The van der Waals surface area contributed by atoms with Gasteiger partial charge in [0, 0.05) is 20.0 Å². The highest BCUT2D eigenvalue weighted by Gasteiger charge is 2.08. The molecular weight excluding hydrogens is 316 g/mol. The second-order valence-corrected chi connectivity index (χ2v) is 6.17. The minimum Gasteiger partial charge on any atom is -0.408 e. The third kappa shape index (κ3) is 4.38. The Balaban J connectivity index is 1.44. The van der Waals surface area contributed by atoms with Crippen molar-refractivity contribution >= 4 is 17.0 Å². The van der Waals surface area contributed by atoms with Crippen LogP contribution in [-0.4, -0.2) is 17.0 Å². The fourth-order valence-electron chi connectivity index (χ4n) is 2.84. The number of fused-ring (bicyclic) bond motifs is 1. The van der Waals surface area contributed by atoms with Crippen LogP contribution in [0.1, 0.15) is 24.0 Å². The van der Waals surface area contributed by atoms with Crippen LogP contribution < -0.4 is 11.1 Å². The molecule has 5 heteroatoms. The first kappa shape index (κ1) is 17.0. The van der Waals surface area contributed by atoms with Crippen molar-refractivity contribution in [1.29, 1.82) is 0 Å². The van der Waals surface area contributed by atoms with Gasteiger partial charge < -0.3 is 9.73 Å². The molecule has 0 aliphatic rings. The first-order valence-corrected chi connectivity index (χ1v) is 8.52. The molecule has 25 heavy (non-hydrogen) atoms. The van der Waals surface area contributed by atoms with Crippen molar-refractivity contribution < 1.29 is 9.21 Å². The summed E-state index contributed by atoms with van der Waals surface area (Å²) < 4.78 is 6.58. The Kier molecular flexibility index (Phi) is 5.33. The summed E-state index contributed by atoms with van der Waals surface area (Å²) >= 11 is 0. The van der Waals surface area contributed by atoms with Gasteiger partial charge in [0.25, 0.3) is 0 Å². The first-order valence-electron chi connectivity index (χ1n) is 8.52. The third-order valence-electron chi connectivity index (χ3n) is 4.30. The number of amides is 1. The average Bonchev–Trinajstić information content (AvgIpc) is 2.92. The van der Waals surface area contributed by atoms with Gasteiger partial charge in [-0.05, 0) is 42.5 Å². The van der Waals surface area contributed by atoms with Crippen LogP contribution in [0.4, 0.5) is 0 Å². The summed E-state index contributed by atoms with van der Waals surface area (Å²) in [5.41, 5.74) is 3.63. The molecular formula is C20H22N2O3. The second-order valence-electron chi connectivity index (χ2n) is 6.17. The number of nitrogens with one attached hydrogen (secondary N) is 1. The first-order chi connectivity index (χ1) is 12.1. The van der Waals surface area contributed by atoms with Gasteiger partial charge in [-0.2, -0.15) is 0 Å². The maximum absolute atomic E-state index is 12.0. The van der Waals surface area contributed by atoms with Crippen molar-refractivity contribution in [3.05, 3.63) is 70.2 Å². The largest absolute Gasteiger partial charge is 0.419 e. The van der Waals surface area contributed by atoms with Gasteiger partial charge in [-0.25, -0.2) is 4.79 Å². The number of nitrogens with zero attached hydrogens (tertiary/aromatic N) is 1. The topological polar surface area (TPSA) is 64.2 Å². The van der Waals surface area contributed by atoms with Crippen LogP contribution in [0.5, 0.6) is 0 Å². The van der Waals surface area contributed by atoms with E-state index < -0.39 is 0 Å². The molecule has 130 valence electrons. The molecule has 1 aromatic heterocycles. The summed E-state index contributed by atoms with van der Waals surface area (Å²) in [6, 6.07) is 15.8. The summed E-state index contributed by atoms with van der Waals surface area (Å²) in [6.45, 7) is 0.684. The Hall–Kier alpha value is -2.82. The SMILES string of the molecule is Cn1c(=O)oc2ccc(CCC(=O)NCCCc3ccccc3)cc21. The highest BCUT2D eigenvalue weighted by Crippen LogP contribution is 2.15. The van der Waals surface area contributed by atoms with Crippen molar-refractivity contribution in [2.45, 2.75) is 25.7 Å². The molecule has 1 amide bonds. The van der Waals surface area contributed by atoms with E-state index in [9.17, 15) is 9.59 Å². The number of rotatable bonds is 7. The number of hydrogen-bond acceptors (Lipinski definition) is 3. The molecule has 5 nitrogen and oxygen atoms in total. The lowest BCUT2D eigenvalue weighted by Crippen LogP contribution is -2.24. The average molecular weight is 338 g/mol. The van der Waals surface area contributed by atoms with Gasteiger partial charge in [0.05, 0.1) is 5.52 Å². The Bertz CT molecular complexity index is 910. The van der Waals surface area contributed by atoms with Crippen LogP contribution in [0.2, 0.25) is 0 Å². The number of oxazole rings is 1. The van der Waals surface area contributed by atoms with E-state index in [0.717, 1.165) is 23.9 Å². The molecule has 0 fully saturated rings. The van der Waals surface area contributed by atoms with Crippen LogP contribution >= 0.6 is 0 Å². The molecule has 0 atom stereocenters. The number of carbonyl (C=O) groups is 1. The third-order valence-corrected chi connectivity index (χ3v) is 4.30. The van der Waals surface area contributed by atoms with Gasteiger partial charge in [-0.1, -0.05) is 36.4 Å². The second kappa shape index (κ2) is 7.83. The van der Waals surface area contributed by atoms with Crippen molar-refractivity contribution in [1.82, 2.24) is 9.88 Å². The Morgan fingerprint density at radius 3 is 2.68 bits per heavy atom. The number of aryl methyl sites for hydroxylation is 3. The summed E-state index contributed by atoms with van der Waals surface area (Å²) in [6.07, 6.45) is 2.97. The number of aromatic nitrogens is 1. The van der Waals surface area contributed by atoms with Gasteiger partial charge in [0.15, 0.2) is 5.58 Å². The van der Waals surface area contributed by atoms with E-state index in [-0.39, 0.29) is 11.7 Å². The summed E-state index contributed by atoms with van der Waals surface area (Å²) in [5.74, 6) is -0.322. The standard InChI is InChI=1S/C20H22N2O3/c1-22-17-14-16(9-11-18(17)25-20(22)24)10-12-19(23)21-13-5-8-15-6-3-2-4-7-15/h2-4,6-7,9,11,14H,5,8,10,12-13H2,1H3,(H,21,23). The fraction of sp³-hybridized carbons (Fsp3) is 0.300. The number of carbonyl (C=O) groups excluding carboxylic acids is 1. The normalized spacial score (nSPS) is 10.9. The van der Waals surface area contributed by atoms with Gasteiger partial charge in [-0.15, -0.1) is 0 Å². The molecule has 0 unspecified atom stereocenters. The maximum Gasteiger partial charge on any atom is 0.419 e. The van der Waals surface area contributed by atoms with Gasteiger partial charge in [0.1, 0.15) is 0 Å². The minimum absolute atomic E-state index is 0.0502. The van der Waals surface area contributed by atoms with Crippen LogP contribution in [0, 0.1) is 0 Å². The lowest BCUT2D eigenvalue weighted by Gasteiger charge is -2.06. The summed E-state index contributed by atoms with van der Waals surface area (Å²) in [4.78, 5) is 23.5. The quantitative estimate of drug-likeness (QED) is 0.674. The van der Waals surface area contributed by atoms with Crippen LogP contribution in [0.3, 0.4) is 0 Å².